The van der Waals surface area contributed by atoms with Crippen molar-refractivity contribution >= 4 is 17.1 Å². The summed E-state index contributed by atoms with van der Waals surface area (Å²) in [7, 11) is 0. The molecule has 2 aromatic carbocycles. The molecule has 0 heterocycles. The average Bonchev–Trinajstić information content (AvgIpc) is 2.39. The van der Waals surface area contributed by atoms with Crippen LogP contribution in [0, 0.1) is 10.1 Å². The maximum atomic E-state index is 10.6. The number of anilines is 2. The SMILES string of the molecule is CC(C)(C)c1ccc(Nc2ccc([N+](=O)[O-])cc2)cc1. The molecule has 4 nitrogen and oxygen atoms in total. The van der Waals surface area contributed by atoms with Gasteiger partial charge in [0.2, 0.25) is 0 Å². The van der Waals surface area contributed by atoms with Crippen LogP contribution in [0.4, 0.5) is 17.1 Å². The number of nitrogens with one attached hydrogen (secondary N) is 1. The number of hydrogen-bond donors (Lipinski definition) is 1. The highest BCUT2D eigenvalue weighted by molar-refractivity contribution is 5.61. The summed E-state index contributed by atoms with van der Waals surface area (Å²) in [5.41, 5.74) is 3.29. The fourth-order valence-electron chi connectivity index (χ4n) is 1.89. The van der Waals surface area contributed by atoms with E-state index in [2.05, 4.69) is 38.2 Å². The van der Waals surface area contributed by atoms with Gasteiger partial charge in [0.05, 0.1) is 4.92 Å². The van der Waals surface area contributed by atoms with Gasteiger partial charge in [-0.1, -0.05) is 32.9 Å². The predicted octanol–water partition coefficient (Wildman–Crippen LogP) is 4.64. The van der Waals surface area contributed by atoms with Crippen molar-refractivity contribution in [3.63, 3.8) is 0 Å². The molecule has 0 aromatic heterocycles. The van der Waals surface area contributed by atoms with Crippen LogP contribution in [-0.2, 0) is 5.41 Å². The van der Waals surface area contributed by atoms with E-state index in [1.54, 1.807) is 12.1 Å². The van der Waals surface area contributed by atoms with Crippen molar-refractivity contribution in [2.75, 3.05) is 5.32 Å². The van der Waals surface area contributed by atoms with Gasteiger partial charge in [-0.3, -0.25) is 10.1 Å². The van der Waals surface area contributed by atoms with Gasteiger partial charge in [-0.25, -0.2) is 0 Å². The molecule has 2 rings (SSSR count). The molecule has 1 N–H and O–H groups in total. The molecule has 0 saturated heterocycles. The van der Waals surface area contributed by atoms with Crippen LogP contribution in [0.3, 0.4) is 0 Å². The van der Waals surface area contributed by atoms with Crippen LogP contribution in [0.15, 0.2) is 48.5 Å². The van der Waals surface area contributed by atoms with E-state index in [0.717, 1.165) is 11.4 Å². The highest BCUT2D eigenvalue weighted by Gasteiger charge is 2.12. The van der Waals surface area contributed by atoms with E-state index in [1.165, 1.54) is 17.7 Å². The van der Waals surface area contributed by atoms with Crippen molar-refractivity contribution in [1.29, 1.82) is 0 Å². The maximum absolute atomic E-state index is 10.6. The van der Waals surface area contributed by atoms with Crippen molar-refractivity contribution in [3.05, 3.63) is 64.2 Å². The molecular formula is C16H18N2O2. The normalized spacial score (nSPS) is 11.2. The first-order chi connectivity index (χ1) is 9.36. The van der Waals surface area contributed by atoms with Gasteiger partial charge in [-0.15, -0.1) is 0 Å². The fraction of sp³-hybridized carbons (Fsp3) is 0.250. The Balaban J connectivity index is 2.12. The van der Waals surface area contributed by atoms with Crippen molar-refractivity contribution in [2.24, 2.45) is 0 Å². The van der Waals surface area contributed by atoms with E-state index in [-0.39, 0.29) is 11.1 Å². The first-order valence-corrected chi connectivity index (χ1v) is 6.48. The van der Waals surface area contributed by atoms with Crippen molar-refractivity contribution in [2.45, 2.75) is 26.2 Å². The van der Waals surface area contributed by atoms with Gasteiger partial charge in [0.25, 0.3) is 5.69 Å². The molecule has 0 spiro atoms. The highest BCUT2D eigenvalue weighted by atomic mass is 16.6. The van der Waals surface area contributed by atoms with Crippen LogP contribution in [0.25, 0.3) is 0 Å². The minimum absolute atomic E-state index is 0.0960. The third-order valence-electron chi connectivity index (χ3n) is 3.12. The Bertz CT molecular complexity index is 596. The number of nitro groups is 1. The maximum Gasteiger partial charge on any atom is 0.269 e. The third-order valence-corrected chi connectivity index (χ3v) is 3.12. The Kier molecular flexibility index (Phi) is 3.74. The molecular weight excluding hydrogens is 252 g/mol. The summed E-state index contributed by atoms with van der Waals surface area (Å²) in [6, 6.07) is 14.6. The van der Waals surface area contributed by atoms with Crippen molar-refractivity contribution in [3.8, 4) is 0 Å². The summed E-state index contributed by atoms with van der Waals surface area (Å²) in [5, 5.41) is 13.8. The minimum Gasteiger partial charge on any atom is -0.356 e. The van der Waals surface area contributed by atoms with Crippen LogP contribution < -0.4 is 5.32 Å². The van der Waals surface area contributed by atoms with E-state index < -0.39 is 4.92 Å². The minimum atomic E-state index is -0.401. The summed E-state index contributed by atoms with van der Waals surface area (Å²) < 4.78 is 0. The Labute approximate surface area is 118 Å². The van der Waals surface area contributed by atoms with Gasteiger partial charge in [-0.2, -0.15) is 0 Å². The number of non-ortho nitro benzene ring substituents is 1. The standard InChI is InChI=1S/C16H18N2O2/c1-16(2,3)12-4-6-13(7-5-12)17-14-8-10-15(11-9-14)18(19)20/h4-11,17H,1-3H3. The third kappa shape index (κ3) is 3.35. The summed E-state index contributed by atoms with van der Waals surface area (Å²) >= 11 is 0. The Morgan fingerprint density at radius 3 is 1.75 bits per heavy atom. The molecule has 0 unspecified atom stereocenters. The van der Waals surface area contributed by atoms with Crippen LogP contribution in [0.2, 0.25) is 0 Å². The van der Waals surface area contributed by atoms with Crippen molar-refractivity contribution in [1.82, 2.24) is 0 Å². The van der Waals surface area contributed by atoms with Gasteiger partial charge < -0.3 is 5.32 Å². The predicted molar refractivity (Wildman–Crippen MR) is 81.5 cm³/mol. The molecule has 2 aromatic rings. The smallest absolute Gasteiger partial charge is 0.269 e. The number of rotatable bonds is 3. The van der Waals surface area contributed by atoms with Crippen LogP contribution in [0.1, 0.15) is 26.3 Å². The first kappa shape index (κ1) is 14.1. The second-order valence-electron chi connectivity index (χ2n) is 5.76. The zero-order chi connectivity index (χ0) is 14.8. The zero-order valence-corrected chi connectivity index (χ0v) is 11.9. The molecule has 0 bridgehead atoms. The van der Waals surface area contributed by atoms with Crippen LogP contribution >= 0.6 is 0 Å². The topological polar surface area (TPSA) is 55.2 Å². The Hall–Kier alpha value is -2.36. The second kappa shape index (κ2) is 5.33. The van der Waals surface area contributed by atoms with E-state index in [9.17, 15) is 10.1 Å². The zero-order valence-electron chi connectivity index (χ0n) is 11.9. The van der Waals surface area contributed by atoms with Gasteiger partial charge >= 0.3 is 0 Å². The molecule has 20 heavy (non-hydrogen) atoms. The van der Waals surface area contributed by atoms with Gasteiger partial charge in [0.1, 0.15) is 0 Å². The van der Waals surface area contributed by atoms with Gasteiger partial charge in [0, 0.05) is 23.5 Å². The lowest BCUT2D eigenvalue weighted by atomic mass is 9.87. The molecule has 104 valence electrons. The summed E-state index contributed by atoms with van der Waals surface area (Å²) in [6.45, 7) is 6.52. The number of nitro benzene ring substituents is 1. The highest BCUT2D eigenvalue weighted by Crippen LogP contribution is 2.25. The van der Waals surface area contributed by atoms with Crippen LogP contribution in [0.5, 0.6) is 0 Å². The largest absolute Gasteiger partial charge is 0.356 e. The summed E-state index contributed by atoms with van der Waals surface area (Å²) in [4.78, 5) is 10.2. The van der Waals surface area contributed by atoms with E-state index in [4.69, 9.17) is 0 Å². The van der Waals surface area contributed by atoms with Crippen molar-refractivity contribution < 1.29 is 4.92 Å². The van der Waals surface area contributed by atoms with E-state index >= 15 is 0 Å². The second-order valence-corrected chi connectivity index (χ2v) is 5.76. The van der Waals surface area contributed by atoms with Gasteiger partial charge in [-0.05, 0) is 35.2 Å². The summed E-state index contributed by atoms with van der Waals surface area (Å²) in [6.07, 6.45) is 0. The molecule has 0 saturated carbocycles. The number of hydrogen-bond acceptors (Lipinski definition) is 3. The molecule has 0 atom stereocenters. The molecule has 0 fully saturated rings. The van der Waals surface area contributed by atoms with Crippen LogP contribution in [-0.4, -0.2) is 4.92 Å². The molecule has 0 radical (unpaired) electrons. The number of benzene rings is 2. The molecule has 0 aliphatic carbocycles. The van der Waals surface area contributed by atoms with E-state index in [1.807, 2.05) is 12.1 Å². The average molecular weight is 270 g/mol. The Morgan fingerprint density at radius 1 is 0.900 bits per heavy atom. The molecule has 0 amide bonds. The number of nitrogens with zero attached hydrogens (tertiary/aromatic N) is 1. The quantitative estimate of drug-likeness (QED) is 0.653. The molecule has 4 heteroatoms. The lowest BCUT2D eigenvalue weighted by molar-refractivity contribution is -0.384. The molecule has 0 aliphatic rings. The molecule has 0 aliphatic heterocycles. The first-order valence-electron chi connectivity index (χ1n) is 6.48. The van der Waals surface area contributed by atoms with Gasteiger partial charge in [0.15, 0.2) is 0 Å². The Morgan fingerprint density at radius 2 is 1.35 bits per heavy atom. The lowest BCUT2D eigenvalue weighted by Crippen LogP contribution is -2.10. The summed E-state index contributed by atoms with van der Waals surface area (Å²) in [5.74, 6) is 0. The lowest BCUT2D eigenvalue weighted by Gasteiger charge is -2.19. The monoisotopic (exact) mass is 270 g/mol. The van der Waals surface area contributed by atoms with E-state index in [0.29, 0.717) is 0 Å². The fourth-order valence-corrected chi connectivity index (χ4v) is 1.89.